The fourth-order valence-electron chi connectivity index (χ4n) is 10.2. The van der Waals surface area contributed by atoms with Crippen LogP contribution in [0.1, 0.15) is 142 Å². The van der Waals surface area contributed by atoms with Crippen LogP contribution in [0.5, 0.6) is 0 Å². The molecule has 9 heteroatoms. The van der Waals surface area contributed by atoms with Crippen LogP contribution in [-0.4, -0.2) is 41.5 Å². The minimum atomic E-state index is -5.55. The number of carbonyl (C=O) groups excluding carboxylic acids is 2. The van der Waals surface area contributed by atoms with Crippen LogP contribution in [0.2, 0.25) is 0 Å². The van der Waals surface area contributed by atoms with Crippen molar-refractivity contribution in [3.8, 4) is 0 Å². The largest absolute Gasteiger partial charge is 0.453 e. The maximum Gasteiger partial charge on any atom is 0.453 e. The predicted octanol–water partition coefficient (Wildman–Crippen LogP) is 9.18. The molecule has 4 nitrogen and oxygen atoms in total. The highest BCUT2D eigenvalue weighted by atomic mass is 19.4. The van der Waals surface area contributed by atoms with Gasteiger partial charge in [0.25, 0.3) is 0 Å². The minimum absolute atomic E-state index is 0.0399. The van der Waals surface area contributed by atoms with Gasteiger partial charge in [0.05, 0.1) is 6.10 Å². The molecule has 0 heterocycles. The average Bonchev–Trinajstić information content (AvgIpc) is 3.25. The second kappa shape index (κ2) is 14.7. The van der Waals surface area contributed by atoms with Crippen molar-refractivity contribution in [2.45, 2.75) is 160 Å². The molecule has 0 bridgehead atoms. The van der Waals surface area contributed by atoms with Crippen molar-refractivity contribution in [3.05, 3.63) is 0 Å². The van der Waals surface area contributed by atoms with Gasteiger partial charge in [0.15, 0.2) is 0 Å². The number of ketones is 1. The summed E-state index contributed by atoms with van der Waals surface area (Å²) in [5.74, 6) is -1.41. The minimum Gasteiger partial charge on any atom is -0.393 e. The maximum atomic E-state index is 12.9. The Hall–Kier alpha value is -1.25. The summed E-state index contributed by atoms with van der Waals surface area (Å²) in [6, 6.07) is 0. The van der Waals surface area contributed by atoms with E-state index in [1.54, 1.807) is 0 Å². The van der Waals surface area contributed by atoms with Crippen molar-refractivity contribution in [2.75, 3.05) is 6.54 Å². The van der Waals surface area contributed by atoms with E-state index in [4.69, 9.17) is 0 Å². The molecule has 0 spiro atoms. The van der Waals surface area contributed by atoms with E-state index < -0.39 is 24.9 Å². The molecule has 0 aromatic heterocycles. The number of unbranched alkanes of at least 4 members (excludes halogenated alkanes) is 7. The van der Waals surface area contributed by atoms with E-state index in [1.165, 1.54) is 38.5 Å². The van der Waals surface area contributed by atoms with Crippen LogP contribution < -0.4 is 5.32 Å². The van der Waals surface area contributed by atoms with E-state index >= 15 is 0 Å². The van der Waals surface area contributed by atoms with Crippen LogP contribution in [0.3, 0.4) is 0 Å². The SMILES string of the molecule is C[C@]12CCC(=O)C[C@@H]1CC[C@@H]1[C@@H]2[C@@H](CCCCCCCCCCC(=O)NCCCC(F)(F)C(F)(F)F)C[C@]2(C)[C@@H](O)CC[C@@H]12. The first-order valence-corrected chi connectivity index (χ1v) is 17.6. The lowest BCUT2D eigenvalue weighted by Gasteiger charge is -2.62. The van der Waals surface area contributed by atoms with E-state index in [0.717, 1.165) is 64.2 Å². The number of carbonyl (C=O) groups is 2. The number of hydrogen-bond acceptors (Lipinski definition) is 3. The summed E-state index contributed by atoms with van der Waals surface area (Å²) in [7, 11) is 0. The predicted molar refractivity (Wildman–Crippen MR) is 161 cm³/mol. The van der Waals surface area contributed by atoms with Gasteiger partial charge in [-0.2, -0.15) is 22.0 Å². The Labute approximate surface area is 261 Å². The lowest BCUT2D eigenvalue weighted by atomic mass is 9.42. The van der Waals surface area contributed by atoms with Gasteiger partial charge < -0.3 is 10.4 Å². The Morgan fingerprint density at radius 1 is 0.886 bits per heavy atom. The first kappa shape index (κ1) is 35.6. The summed E-state index contributed by atoms with van der Waals surface area (Å²) in [5, 5.41) is 13.5. The molecule has 4 rings (SSSR count). The van der Waals surface area contributed by atoms with Gasteiger partial charge in [-0.25, -0.2) is 0 Å². The smallest absolute Gasteiger partial charge is 0.393 e. The lowest BCUT2D eigenvalue weighted by molar-refractivity contribution is -0.284. The molecule has 2 N–H and O–H groups in total. The normalized spacial score (nSPS) is 35.6. The van der Waals surface area contributed by atoms with Crippen LogP contribution in [0.4, 0.5) is 22.0 Å². The molecular weight excluding hydrogens is 577 g/mol. The molecule has 4 aliphatic rings. The van der Waals surface area contributed by atoms with Gasteiger partial charge in [0, 0.05) is 32.2 Å². The van der Waals surface area contributed by atoms with E-state index in [2.05, 4.69) is 19.2 Å². The molecule has 0 saturated heterocycles. The van der Waals surface area contributed by atoms with Crippen molar-refractivity contribution < 1.29 is 36.6 Å². The molecule has 254 valence electrons. The van der Waals surface area contributed by atoms with Crippen LogP contribution in [0.15, 0.2) is 0 Å². The summed E-state index contributed by atoms with van der Waals surface area (Å²) < 4.78 is 62.4. The van der Waals surface area contributed by atoms with Crippen LogP contribution >= 0.6 is 0 Å². The van der Waals surface area contributed by atoms with Crippen LogP contribution in [0.25, 0.3) is 0 Å². The molecule has 0 aliphatic heterocycles. The summed E-state index contributed by atoms with van der Waals surface area (Å²) in [6.07, 6.45) is 10.6. The quantitative estimate of drug-likeness (QED) is 0.140. The number of rotatable bonds is 15. The number of aliphatic hydroxyl groups is 1. The summed E-state index contributed by atoms with van der Waals surface area (Å²) in [4.78, 5) is 24.2. The first-order valence-electron chi connectivity index (χ1n) is 17.6. The Morgan fingerprint density at radius 3 is 2.23 bits per heavy atom. The molecule has 0 radical (unpaired) electrons. The number of fused-ring (bicyclic) bond motifs is 5. The number of hydrogen-bond donors (Lipinski definition) is 2. The average molecular weight is 634 g/mol. The Bertz CT molecular complexity index is 973. The molecule has 4 aliphatic carbocycles. The van der Waals surface area contributed by atoms with Crippen molar-refractivity contribution in [1.29, 1.82) is 0 Å². The fraction of sp³-hybridized carbons (Fsp3) is 0.943. The molecule has 0 aromatic rings. The van der Waals surface area contributed by atoms with Gasteiger partial charge in [-0.1, -0.05) is 65.2 Å². The summed E-state index contributed by atoms with van der Waals surface area (Å²) in [6.45, 7) is 4.69. The molecule has 0 aromatic carbocycles. The summed E-state index contributed by atoms with van der Waals surface area (Å²) in [5.41, 5.74) is 0.299. The second-order valence-electron chi connectivity index (χ2n) is 15.4. The van der Waals surface area contributed by atoms with Gasteiger partial charge in [0.1, 0.15) is 5.78 Å². The van der Waals surface area contributed by atoms with Gasteiger partial charge in [0.2, 0.25) is 5.91 Å². The number of amides is 1. The highest BCUT2D eigenvalue weighted by Crippen LogP contribution is 2.68. The zero-order chi connectivity index (χ0) is 32.2. The number of alkyl halides is 5. The highest BCUT2D eigenvalue weighted by Gasteiger charge is 2.62. The van der Waals surface area contributed by atoms with E-state index in [9.17, 15) is 36.6 Å². The Morgan fingerprint density at radius 2 is 1.55 bits per heavy atom. The van der Waals surface area contributed by atoms with E-state index in [0.29, 0.717) is 41.8 Å². The van der Waals surface area contributed by atoms with Gasteiger partial charge in [-0.05, 0) is 91.8 Å². The highest BCUT2D eigenvalue weighted by molar-refractivity contribution is 5.79. The second-order valence-corrected chi connectivity index (χ2v) is 15.4. The molecule has 0 unspecified atom stereocenters. The molecular formula is C35H56F5NO3. The van der Waals surface area contributed by atoms with Gasteiger partial charge in [-0.15, -0.1) is 0 Å². The zero-order valence-electron chi connectivity index (χ0n) is 27.0. The van der Waals surface area contributed by atoms with E-state index in [1.807, 2.05) is 0 Å². The van der Waals surface area contributed by atoms with Gasteiger partial charge >= 0.3 is 12.1 Å². The van der Waals surface area contributed by atoms with Crippen molar-refractivity contribution >= 4 is 11.7 Å². The molecule has 4 saturated carbocycles. The standard InChI is InChI=1S/C35H56F5NO3/c1-32-20-18-26(42)22-25(32)14-15-27-28-16-17-29(43)33(28,2)23-24(31(27)32)12-9-7-5-3-4-6-8-10-13-30(44)41-21-11-19-34(36,37)35(38,39)40/h24-25,27-29,31,43H,3-23H2,1-2H3,(H,41,44)/t24-,25-,27-,28-,29-,31-,32-,33-/m0/s1. The maximum absolute atomic E-state index is 12.9. The number of Topliss-reactive ketones (excluding diaryl/α,β-unsaturated/α-hetero) is 1. The Balaban J connectivity index is 1.11. The topological polar surface area (TPSA) is 66.4 Å². The molecule has 8 atom stereocenters. The third kappa shape index (κ3) is 7.99. The van der Waals surface area contributed by atoms with Gasteiger partial charge in [-0.3, -0.25) is 9.59 Å². The van der Waals surface area contributed by atoms with Crippen molar-refractivity contribution in [1.82, 2.24) is 5.32 Å². The lowest BCUT2D eigenvalue weighted by Crippen LogP contribution is -2.57. The summed E-state index contributed by atoms with van der Waals surface area (Å²) >= 11 is 0. The number of halogens is 5. The number of aliphatic hydroxyl groups excluding tert-OH is 1. The first-order chi connectivity index (χ1) is 20.7. The zero-order valence-corrected chi connectivity index (χ0v) is 27.0. The van der Waals surface area contributed by atoms with Crippen molar-refractivity contribution in [3.63, 3.8) is 0 Å². The third-order valence-corrected chi connectivity index (χ3v) is 12.6. The van der Waals surface area contributed by atoms with Crippen molar-refractivity contribution in [2.24, 2.45) is 40.4 Å². The fourth-order valence-corrected chi connectivity index (χ4v) is 10.2. The molecule has 4 fully saturated rings. The number of nitrogens with one attached hydrogen (secondary N) is 1. The Kier molecular flexibility index (Phi) is 11.9. The third-order valence-electron chi connectivity index (χ3n) is 12.6. The van der Waals surface area contributed by atoms with Crippen LogP contribution in [-0.2, 0) is 9.59 Å². The monoisotopic (exact) mass is 633 g/mol. The van der Waals surface area contributed by atoms with E-state index in [-0.39, 0.29) is 35.8 Å². The molecule has 44 heavy (non-hydrogen) atoms. The molecule has 1 amide bonds. The van der Waals surface area contributed by atoms with Crippen LogP contribution in [0, 0.1) is 40.4 Å².